The predicted molar refractivity (Wildman–Crippen MR) is 198 cm³/mol. The van der Waals surface area contributed by atoms with E-state index in [1.807, 2.05) is 6.92 Å². The molecule has 0 aromatic heterocycles. The van der Waals surface area contributed by atoms with Crippen LogP contribution < -0.4 is 0 Å². The van der Waals surface area contributed by atoms with Gasteiger partial charge in [-0.3, -0.25) is 0 Å². The van der Waals surface area contributed by atoms with E-state index in [-0.39, 0.29) is 52.6 Å². The van der Waals surface area contributed by atoms with Crippen molar-refractivity contribution in [2.75, 3.05) is 26.4 Å². The second-order valence-corrected chi connectivity index (χ2v) is 20.8. The molecule has 22 atom stereocenters. The molecule has 8 rings (SSSR count). The maximum absolute atomic E-state index is 12.2. The maximum Gasteiger partial charge on any atom is 0.187 e. The number of hydrogen-bond donors (Lipinski definition) is 9. The van der Waals surface area contributed by atoms with E-state index in [4.69, 9.17) is 23.7 Å². The summed E-state index contributed by atoms with van der Waals surface area (Å²) in [6.07, 6.45) is -4.78. The number of aliphatic hydroxyl groups is 9. The topological polar surface area (TPSA) is 228 Å². The van der Waals surface area contributed by atoms with E-state index in [9.17, 15) is 46.0 Å². The smallest absolute Gasteiger partial charge is 0.187 e. The molecule has 8 aliphatic rings. The summed E-state index contributed by atoms with van der Waals surface area (Å²) in [5, 5.41) is 97.7. The van der Waals surface area contributed by atoms with E-state index in [1.54, 1.807) is 0 Å². The molecule has 5 aliphatic carbocycles. The third kappa shape index (κ3) is 5.44. The minimum absolute atomic E-state index is 0.0308. The van der Waals surface area contributed by atoms with Gasteiger partial charge in [0, 0.05) is 28.8 Å². The second-order valence-electron chi connectivity index (χ2n) is 20.8. The van der Waals surface area contributed by atoms with Crippen molar-refractivity contribution in [2.24, 2.45) is 50.2 Å². The van der Waals surface area contributed by atoms with Crippen LogP contribution in [0.15, 0.2) is 12.2 Å². The van der Waals surface area contributed by atoms with E-state index in [0.29, 0.717) is 19.4 Å². The zero-order chi connectivity index (χ0) is 40.6. The number of hydrogen-bond acceptors (Lipinski definition) is 14. The fourth-order valence-corrected chi connectivity index (χ4v) is 14.3. The summed E-state index contributed by atoms with van der Waals surface area (Å²) in [6.45, 7) is 12.5. The summed E-state index contributed by atoms with van der Waals surface area (Å²) in [4.78, 5) is 0. The first-order chi connectivity index (χ1) is 26.2. The largest absolute Gasteiger partial charge is 0.396 e. The summed E-state index contributed by atoms with van der Waals surface area (Å²) >= 11 is 0. The van der Waals surface area contributed by atoms with Crippen molar-refractivity contribution in [3.63, 3.8) is 0 Å². The Balaban J connectivity index is 1.09. The van der Waals surface area contributed by atoms with Gasteiger partial charge >= 0.3 is 0 Å². The Bertz CT molecular complexity index is 1520. The van der Waals surface area contributed by atoms with Gasteiger partial charge in [0.1, 0.15) is 42.7 Å². The zero-order valence-corrected chi connectivity index (χ0v) is 33.9. The summed E-state index contributed by atoms with van der Waals surface area (Å²) < 4.78 is 31.5. The highest BCUT2D eigenvalue weighted by Crippen LogP contribution is 2.79. The van der Waals surface area contributed by atoms with Gasteiger partial charge < -0.3 is 69.6 Å². The van der Waals surface area contributed by atoms with Crippen LogP contribution in [-0.4, -0.2) is 152 Å². The molecule has 3 heterocycles. The SMILES string of the molecule is C[C@H]1O[C@@H](O[C@H]2[C@H](O[C@H]3CC[C@@]4(C)[C@@H](CC[C@]5(C)[C@@H]4C=C[C@]46OC[C@@]7(CC[C@](C)(CO)C[C@H]74)[C@@H](O)C[C@]65C)[C@]3(C)CO)O[C@H](CO)[C@@H](O)[C@@H]2O)[C@H](O)[C@@H](O)[C@H]1O. The second kappa shape index (κ2) is 13.9. The molecule has 0 radical (unpaired) electrons. The van der Waals surface area contributed by atoms with Crippen molar-refractivity contribution in [1.82, 2.24) is 0 Å². The molecule has 3 aliphatic heterocycles. The Labute approximate surface area is 330 Å². The molecule has 0 aromatic carbocycles. The van der Waals surface area contributed by atoms with Crippen molar-refractivity contribution >= 4 is 0 Å². The summed E-state index contributed by atoms with van der Waals surface area (Å²) in [7, 11) is 0. The van der Waals surface area contributed by atoms with Gasteiger partial charge in [0.25, 0.3) is 0 Å². The molecule has 9 N–H and O–H groups in total. The fraction of sp³-hybridized carbons (Fsp3) is 0.952. The van der Waals surface area contributed by atoms with Gasteiger partial charge in [0.05, 0.1) is 43.7 Å². The first-order valence-corrected chi connectivity index (χ1v) is 21.1. The monoisotopic (exact) mass is 796 g/mol. The summed E-state index contributed by atoms with van der Waals surface area (Å²) in [5.41, 5.74) is -2.90. The van der Waals surface area contributed by atoms with Crippen molar-refractivity contribution in [3.8, 4) is 0 Å². The lowest BCUT2D eigenvalue weighted by molar-refractivity contribution is -0.377. The van der Waals surface area contributed by atoms with E-state index in [0.717, 1.165) is 38.5 Å². The lowest BCUT2D eigenvalue weighted by Crippen LogP contribution is -2.73. The highest BCUT2D eigenvalue weighted by Gasteiger charge is 2.79. The molecular formula is C42H68O14. The highest BCUT2D eigenvalue weighted by molar-refractivity contribution is 5.36. The molecule has 14 heteroatoms. The molecule has 4 saturated carbocycles. The molecule has 0 aromatic rings. The molecule has 7 fully saturated rings. The van der Waals surface area contributed by atoms with Gasteiger partial charge in [-0.15, -0.1) is 0 Å². The Kier molecular flexibility index (Phi) is 10.4. The molecule has 0 amide bonds. The first kappa shape index (κ1) is 41.9. The quantitative estimate of drug-likeness (QED) is 0.128. The van der Waals surface area contributed by atoms with Crippen LogP contribution in [0.5, 0.6) is 0 Å². The van der Waals surface area contributed by atoms with Crippen LogP contribution >= 0.6 is 0 Å². The molecule has 2 bridgehead atoms. The van der Waals surface area contributed by atoms with Crippen molar-refractivity contribution < 1.29 is 69.6 Å². The minimum Gasteiger partial charge on any atom is -0.396 e. The van der Waals surface area contributed by atoms with E-state index in [2.05, 4.69) is 39.8 Å². The Morgan fingerprint density at radius 3 is 2.12 bits per heavy atom. The first-order valence-electron chi connectivity index (χ1n) is 21.1. The standard InChI is InChI=1S/C42H68O14/c1-21-28(47)30(49)32(51)34(53-21)56-33-31(50)29(48)22(17-43)54-35(33)55-27-9-10-37(3)23(38(27,4)19-45)7-11-39(5)24(37)8-12-42-25-15-36(2,18-44)13-14-41(25,20-52-42)26(46)16-40(39,42)6/h8,12,21-35,43-51H,7,9-11,13-20H2,1-6H3/t21-,22-,23-,24-,25-,26+,27+,28+,29-,30+,31+,32-,33-,34+,35+,36+,37+,38+,39-,40+,41-,42+/m1/s1. The van der Waals surface area contributed by atoms with Crippen LogP contribution in [-0.2, 0) is 23.7 Å². The van der Waals surface area contributed by atoms with E-state index in [1.165, 1.54) is 6.92 Å². The lowest BCUT2D eigenvalue weighted by atomic mass is 9.32. The Morgan fingerprint density at radius 2 is 1.45 bits per heavy atom. The van der Waals surface area contributed by atoms with Crippen molar-refractivity contribution in [2.45, 2.75) is 172 Å². The minimum atomic E-state index is -1.69. The Morgan fingerprint density at radius 1 is 0.714 bits per heavy atom. The normalized spacial score (nSPS) is 60.5. The number of ether oxygens (including phenoxy) is 5. The average molecular weight is 797 g/mol. The summed E-state index contributed by atoms with van der Waals surface area (Å²) in [5.74, 6) is 0.135. The third-order valence-corrected chi connectivity index (χ3v) is 18.2. The lowest BCUT2D eigenvalue weighted by Gasteiger charge is -2.73. The van der Waals surface area contributed by atoms with Crippen LogP contribution in [0.3, 0.4) is 0 Å². The molecule has 14 nitrogen and oxygen atoms in total. The number of allylic oxidation sites excluding steroid dienone is 1. The molecular weight excluding hydrogens is 728 g/mol. The van der Waals surface area contributed by atoms with Gasteiger partial charge in [0.2, 0.25) is 0 Å². The Hall–Kier alpha value is -0.820. The summed E-state index contributed by atoms with van der Waals surface area (Å²) in [6, 6.07) is 0. The van der Waals surface area contributed by atoms with Gasteiger partial charge in [-0.1, -0.05) is 46.8 Å². The molecule has 56 heavy (non-hydrogen) atoms. The van der Waals surface area contributed by atoms with Gasteiger partial charge in [0.15, 0.2) is 12.6 Å². The number of aliphatic hydroxyl groups excluding tert-OH is 9. The zero-order valence-electron chi connectivity index (χ0n) is 33.9. The van der Waals surface area contributed by atoms with Crippen molar-refractivity contribution in [3.05, 3.63) is 12.2 Å². The fourth-order valence-electron chi connectivity index (χ4n) is 14.3. The number of fused-ring (bicyclic) bond motifs is 4. The van der Waals surface area contributed by atoms with Crippen molar-refractivity contribution in [1.29, 1.82) is 0 Å². The van der Waals surface area contributed by atoms with Crippen LogP contribution in [0.1, 0.15) is 92.9 Å². The van der Waals surface area contributed by atoms with Crippen LogP contribution in [0, 0.1) is 50.2 Å². The van der Waals surface area contributed by atoms with Gasteiger partial charge in [-0.05, 0) is 86.4 Å². The molecule has 1 spiro atoms. The number of rotatable bonds is 7. The molecule has 320 valence electrons. The van der Waals surface area contributed by atoms with Gasteiger partial charge in [-0.2, -0.15) is 0 Å². The average Bonchev–Trinajstić information content (AvgIpc) is 3.45. The van der Waals surface area contributed by atoms with Gasteiger partial charge in [-0.25, -0.2) is 0 Å². The van der Waals surface area contributed by atoms with E-state index >= 15 is 0 Å². The maximum atomic E-state index is 12.2. The van der Waals surface area contributed by atoms with Crippen LogP contribution in [0.25, 0.3) is 0 Å². The predicted octanol–water partition coefficient (Wildman–Crippen LogP) is 0.749. The third-order valence-electron chi connectivity index (χ3n) is 18.2. The van der Waals surface area contributed by atoms with E-state index < -0.39 is 96.7 Å². The van der Waals surface area contributed by atoms with Crippen LogP contribution in [0.2, 0.25) is 0 Å². The molecule has 0 unspecified atom stereocenters. The highest BCUT2D eigenvalue weighted by atomic mass is 16.8. The van der Waals surface area contributed by atoms with Crippen LogP contribution in [0.4, 0.5) is 0 Å². The molecule has 3 saturated heterocycles.